The zero-order valence-corrected chi connectivity index (χ0v) is 11.5. The lowest BCUT2D eigenvalue weighted by Gasteiger charge is -2.30. The molecule has 0 spiro atoms. The lowest BCUT2D eigenvalue weighted by atomic mass is 9.99. The fourth-order valence-corrected chi connectivity index (χ4v) is 2.68. The van der Waals surface area contributed by atoms with Gasteiger partial charge in [-0.1, -0.05) is 6.07 Å². The average molecular weight is 287 g/mol. The van der Waals surface area contributed by atoms with E-state index in [1.807, 2.05) is 4.90 Å². The van der Waals surface area contributed by atoms with Crippen molar-refractivity contribution in [1.82, 2.24) is 9.97 Å². The molecule has 0 unspecified atom stereocenters. The molecular weight excluding hydrogens is 273 g/mol. The van der Waals surface area contributed by atoms with Gasteiger partial charge in [-0.2, -0.15) is 0 Å². The molecule has 0 fully saturated rings. The average Bonchev–Trinajstić information content (AvgIpc) is 2.46. The molecule has 0 atom stereocenters. The minimum Gasteiger partial charge on any atom is -0.476 e. The Hall–Kier alpha value is -2.50. The normalized spacial score (nSPS) is 13.9. The van der Waals surface area contributed by atoms with E-state index in [1.54, 1.807) is 13.0 Å². The molecule has 6 heteroatoms. The molecule has 1 aromatic heterocycles. The van der Waals surface area contributed by atoms with Crippen LogP contribution in [0.2, 0.25) is 0 Å². The zero-order valence-electron chi connectivity index (χ0n) is 11.5. The van der Waals surface area contributed by atoms with Crippen LogP contribution in [0.3, 0.4) is 0 Å². The van der Waals surface area contributed by atoms with E-state index in [0.29, 0.717) is 17.9 Å². The molecule has 3 rings (SSSR count). The van der Waals surface area contributed by atoms with Crippen molar-refractivity contribution in [3.63, 3.8) is 0 Å². The minimum absolute atomic E-state index is 0.00467. The van der Waals surface area contributed by atoms with Gasteiger partial charge in [-0.15, -0.1) is 0 Å². The van der Waals surface area contributed by atoms with Crippen LogP contribution in [0.4, 0.5) is 10.2 Å². The van der Waals surface area contributed by atoms with Gasteiger partial charge in [0.2, 0.25) is 0 Å². The van der Waals surface area contributed by atoms with E-state index in [4.69, 9.17) is 5.11 Å². The number of halogens is 1. The van der Waals surface area contributed by atoms with E-state index in [2.05, 4.69) is 9.97 Å². The van der Waals surface area contributed by atoms with Gasteiger partial charge in [0.1, 0.15) is 18.0 Å². The van der Waals surface area contributed by atoms with Crippen molar-refractivity contribution in [3.05, 3.63) is 52.7 Å². The summed E-state index contributed by atoms with van der Waals surface area (Å²) in [5, 5.41) is 9.12. The van der Waals surface area contributed by atoms with E-state index >= 15 is 0 Å². The third kappa shape index (κ3) is 2.44. The van der Waals surface area contributed by atoms with Crippen LogP contribution in [-0.2, 0) is 13.0 Å². The maximum atomic E-state index is 13.4. The second kappa shape index (κ2) is 5.12. The predicted octanol–water partition coefficient (Wildman–Crippen LogP) is 2.19. The maximum Gasteiger partial charge on any atom is 0.354 e. The molecule has 0 radical (unpaired) electrons. The van der Waals surface area contributed by atoms with E-state index in [9.17, 15) is 9.18 Å². The predicted molar refractivity (Wildman–Crippen MR) is 74.9 cm³/mol. The number of benzene rings is 1. The highest BCUT2D eigenvalue weighted by molar-refractivity contribution is 5.88. The lowest BCUT2D eigenvalue weighted by molar-refractivity contribution is 0.0689. The number of aromatic carboxylic acids is 1. The summed E-state index contributed by atoms with van der Waals surface area (Å²) < 4.78 is 13.4. The molecule has 2 heterocycles. The van der Waals surface area contributed by atoms with Gasteiger partial charge in [-0.3, -0.25) is 0 Å². The van der Waals surface area contributed by atoms with Gasteiger partial charge in [0.05, 0.1) is 0 Å². The molecule has 21 heavy (non-hydrogen) atoms. The van der Waals surface area contributed by atoms with Crippen molar-refractivity contribution < 1.29 is 14.3 Å². The van der Waals surface area contributed by atoms with Gasteiger partial charge in [0, 0.05) is 18.7 Å². The molecule has 108 valence electrons. The highest BCUT2D eigenvalue weighted by atomic mass is 19.1. The molecule has 0 saturated heterocycles. The van der Waals surface area contributed by atoms with E-state index in [1.165, 1.54) is 18.5 Å². The van der Waals surface area contributed by atoms with Crippen molar-refractivity contribution in [3.8, 4) is 0 Å². The van der Waals surface area contributed by atoms with Gasteiger partial charge in [0.15, 0.2) is 5.69 Å². The number of anilines is 1. The summed E-state index contributed by atoms with van der Waals surface area (Å²) in [6.07, 6.45) is 2.04. The monoisotopic (exact) mass is 287 g/mol. The Balaban J connectivity index is 1.96. The third-order valence-corrected chi connectivity index (χ3v) is 3.74. The fraction of sp³-hybridized carbons (Fsp3) is 0.267. The SMILES string of the molecule is Cc1c(C(=O)O)ncnc1N1CCc2ccc(F)cc2C1. The second-order valence-electron chi connectivity index (χ2n) is 5.06. The van der Waals surface area contributed by atoms with Crippen LogP contribution in [0, 0.1) is 12.7 Å². The standard InChI is InChI=1S/C15H14FN3O2/c1-9-13(15(20)21)17-8-18-14(9)19-5-4-10-2-3-12(16)6-11(10)7-19/h2-3,6,8H,4-5,7H2,1H3,(H,20,21). The van der Waals surface area contributed by atoms with Crippen LogP contribution in [0.15, 0.2) is 24.5 Å². The number of aromatic nitrogens is 2. The van der Waals surface area contributed by atoms with Crippen molar-refractivity contribution in [2.75, 3.05) is 11.4 Å². The fourth-order valence-electron chi connectivity index (χ4n) is 2.68. The molecule has 0 aliphatic carbocycles. The molecule has 1 N–H and O–H groups in total. The zero-order chi connectivity index (χ0) is 15.0. The Labute approximate surface area is 121 Å². The minimum atomic E-state index is -1.07. The summed E-state index contributed by atoms with van der Waals surface area (Å²) >= 11 is 0. The van der Waals surface area contributed by atoms with Gasteiger partial charge in [-0.25, -0.2) is 19.2 Å². The van der Waals surface area contributed by atoms with Crippen molar-refractivity contribution in [2.45, 2.75) is 19.9 Å². The number of fused-ring (bicyclic) bond motifs is 1. The van der Waals surface area contributed by atoms with Gasteiger partial charge >= 0.3 is 5.97 Å². The quantitative estimate of drug-likeness (QED) is 0.917. The first-order valence-corrected chi connectivity index (χ1v) is 6.63. The number of nitrogens with zero attached hydrogens (tertiary/aromatic N) is 3. The van der Waals surface area contributed by atoms with Crippen LogP contribution in [0.5, 0.6) is 0 Å². The van der Waals surface area contributed by atoms with Gasteiger partial charge < -0.3 is 10.0 Å². The van der Waals surface area contributed by atoms with Crippen LogP contribution in [-0.4, -0.2) is 27.6 Å². The number of carboxylic acids is 1. The van der Waals surface area contributed by atoms with Crippen molar-refractivity contribution in [2.24, 2.45) is 0 Å². The van der Waals surface area contributed by atoms with Crippen molar-refractivity contribution >= 4 is 11.8 Å². The van der Waals surface area contributed by atoms with Gasteiger partial charge in [0.25, 0.3) is 0 Å². The number of hydrogen-bond acceptors (Lipinski definition) is 4. The largest absolute Gasteiger partial charge is 0.476 e. The van der Waals surface area contributed by atoms with E-state index in [-0.39, 0.29) is 11.5 Å². The Kier molecular flexibility index (Phi) is 3.29. The maximum absolute atomic E-state index is 13.4. The smallest absolute Gasteiger partial charge is 0.354 e. The summed E-state index contributed by atoms with van der Waals surface area (Å²) in [5.74, 6) is -0.738. The summed E-state index contributed by atoms with van der Waals surface area (Å²) in [4.78, 5) is 21.1. The van der Waals surface area contributed by atoms with Crippen molar-refractivity contribution in [1.29, 1.82) is 0 Å². The Morgan fingerprint density at radius 1 is 1.33 bits per heavy atom. The third-order valence-electron chi connectivity index (χ3n) is 3.74. The van der Waals surface area contributed by atoms with Crippen LogP contribution < -0.4 is 4.90 Å². The van der Waals surface area contributed by atoms with Gasteiger partial charge in [-0.05, 0) is 36.6 Å². The van der Waals surface area contributed by atoms with Crippen LogP contribution in [0.1, 0.15) is 27.2 Å². The number of hydrogen-bond donors (Lipinski definition) is 1. The molecule has 0 amide bonds. The molecule has 2 aromatic rings. The summed E-state index contributed by atoms with van der Waals surface area (Å²) in [6.45, 7) is 2.93. The van der Waals surface area contributed by atoms with Crippen LogP contribution in [0.25, 0.3) is 0 Å². The summed E-state index contributed by atoms with van der Waals surface area (Å²) in [6, 6.07) is 4.79. The topological polar surface area (TPSA) is 66.3 Å². The second-order valence-corrected chi connectivity index (χ2v) is 5.06. The summed E-state index contributed by atoms with van der Waals surface area (Å²) in [5.41, 5.74) is 2.57. The molecule has 0 saturated carbocycles. The van der Waals surface area contributed by atoms with E-state index < -0.39 is 5.97 Å². The Morgan fingerprint density at radius 2 is 2.14 bits per heavy atom. The van der Waals surface area contributed by atoms with E-state index in [0.717, 1.165) is 24.1 Å². The summed E-state index contributed by atoms with van der Waals surface area (Å²) in [7, 11) is 0. The lowest BCUT2D eigenvalue weighted by Crippen LogP contribution is -2.32. The highest BCUT2D eigenvalue weighted by Crippen LogP contribution is 2.26. The molecular formula is C15H14FN3O2. The first kappa shape index (κ1) is 13.5. The number of carboxylic acid groups (broad SMARTS) is 1. The molecule has 1 aliphatic rings. The number of rotatable bonds is 2. The molecule has 0 bridgehead atoms. The first-order chi connectivity index (χ1) is 10.1. The molecule has 1 aliphatic heterocycles. The molecule has 1 aromatic carbocycles. The highest BCUT2D eigenvalue weighted by Gasteiger charge is 2.22. The molecule has 5 nitrogen and oxygen atoms in total. The number of carbonyl (C=O) groups is 1. The van der Waals surface area contributed by atoms with Crippen LogP contribution >= 0.6 is 0 Å². The Morgan fingerprint density at radius 3 is 2.90 bits per heavy atom. The first-order valence-electron chi connectivity index (χ1n) is 6.63. The Bertz CT molecular complexity index is 718.